The number of nitro groups is 1. The molecule has 0 unspecified atom stereocenters. The zero-order valence-electron chi connectivity index (χ0n) is 14.9. The second-order valence-corrected chi connectivity index (χ2v) is 6.58. The van der Waals surface area contributed by atoms with Gasteiger partial charge in [-0.15, -0.1) is 0 Å². The molecule has 144 valence electrons. The van der Waals surface area contributed by atoms with Crippen LogP contribution in [0.4, 0.5) is 10.8 Å². The van der Waals surface area contributed by atoms with Crippen molar-refractivity contribution in [2.45, 2.75) is 6.92 Å². The minimum Gasteiger partial charge on any atom is -0.494 e. The Morgan fingerprint density at radius 1 is 1.21 bits per heavy atom. The molecule has 1 aromatic heterocycles. The number of carbonyl (C=O) groups excluding carboxylic acids is 2. The summed E-state index contributed by atoms with van der Waals surface area (Å²) in [5.41, 5.74) is 0.146. The van der Waals surface area contributed by atoms with Crippen molar-refractivity contribution in [2.75, 3.05) is 19.0 Å². The van der Waals surface area contributed by atoms with Crippen molar-refractivity contribution in [1.29, 1.82) is 0 Å². The van der Waals surface area contributed by atoms with E-state index in [2.05, 4.69) is 15.0 Å². The van der Waals surface area contributed by atoms with Gasteiger partial charge in [-0.1, -0.05) is 11.3 Å². The summed E-state index contributed by atoms with van der Waals surface area (Å²) in [6.45, 7) is 2.41. The van der Waals surface area contributed by atoms with E-state index in [9.17, 15) is 19.7 Å². The van der Waals surface area contributed by atoms with Crippen molar-refractivity contribution in [3.8, 4) is 5.75 Å². The summed E-state index contributed by atoms with van der Waals surface area (Å²) in [5, 5.41) is 14.0. The van der Waals surface area contributed by atoms with E-state index in [0.29, 0.717) is 23.0 Å². The van der Waals surface area contributed by atoms with Crippen LogP contribution < -0.4 is 10.1 Å². The number of benzene rings is 2. The van der Waals surface area contributed by atoms with Crippen LogP contribution in [0.3, 0.4) is 0 Å². The van der Waals surface area contributed by atoms with E-state index in [-0.39, 0.29) is 11.1 Å². The summed E-state index contributed by atoms with van der Waals surface area (Å²) < 4.78 is 10.8. The molecule has 0 atom stereocenters. The fraction of sp³-hybridized carbons (Fsp3) is 0.167. The average molecular weight is 401 g/mol. The van der Waals surface area contributed by atoms with Crippen LogP contribution in [0.15, 0.2) is 36.4 Å². The van der Waals surface area contributed by atoms with Gasteiger partial charge in [-0.2, -0.15) is 0 Å². The van der Waals surface area contributed by atoms with Crippen LogP contribution in [0.5, 0.6) is 5.75 Å². The van der Waals surface area contributed by atoms with Gasteiger partial charge in [0.2, 0.25) is 0 Å². The number of nitro benzene ring substituents is 1. The molecular weight excluding hydrogens is 386 g/mol. The third-order valence-electron chi connectivity index (χ3n) is 3.70. The van der Waals surface area contributed by atoms with Crippen LogP contribution in [0.25, 0.3) is 10.2 Å². The van der Waals surface area contributed by atoms with Crippen molar-refractivity contribution in [3.63, 3.8) is 0 Å². The van der Waals surface area contributed by atoms with E-state index in [1.165, 1.54) is 17.4 Å². The molecule has 1 amide bonds. The number of fused-ring (bicyclic) bond motifs is 1. The van der Waals surface area contributed by atoms with Gasteiger partial charge >= 0.3 is 5.97 Å². The number of nitrogens with one attached hydrogen (secondary N) is 1. The summed E-state index contributed by atoms with van der Waals surface area (Å²) >= 11 is 1.24. The first-order chi connectivity index (χ1) is 13.4. The highest BCUT2D eigenvalue weighted by molar-refractivity contribution is 7.22. The lowest BCUT2D eigenvalue weighted by atomic mass is 10.1. The van der Waals surface area contributed by atoms with Crippen LogP contribution in [-0.4, -0.2) is 35.5 Å². The maximum absolute atomic E-state index is 12.6. The van der Waals surface area contributed by atoms with Crippen LogP contribution in [0.1, 0.15) is 27.6 Å². The molecule has 3 rings (SSSR count). The number of carbonyl (C=O) groups is 2. The van der Waals surface area contributed by atoms with Gasteiger partial charge in [0.1, 0.15) is 5.75 Å². The Balaban J connectivity index is 1.89. The summed E-state index contributed by atoms with van der Waals surface area (Å²) in [5.74, 6) is -0.711. The number of non-ortho nitro benzene ring substituents is 1. The van der Waals surface area contributed by atoms with Gasteiger partial charge in [0.15, 0.2) is 5.13 Å². The Bertz CT molecular complexity index is 1080. The van der Waals surface area contributed by atoms with Crippen molar-refractivity contribution < 1.29 is 24.0 Å². The van der Waals surface area contributed by atoms with E-state index in [1.807, 2.05) is 13.0 Å². The molecule has 1 heterocycles. The fourth-order valence-electron chi connectivity index (χ4n) is 2.47. The molecular formula is C18H15N3O6S. The number of rotatable bonds is 6. The number of thiazole rings is 1. The van der Waals surface area contributed by atoms with Gasteiger partial charge < -0.3 is 9.47 Å². The van der Waals surface area contributed by atoms with Crippen molar-refractivity contribution in [3.05, 3.63) is 57.6 Å². The van der Waals surface area contributed by atoms with Gasteiger partial charge in [0.05, 0.1) is 34.4 Å². The summed E-state index contributed by atoms with van der Waals surface area (Å²) in [6.07, 6.45) is 0. The first-order valence-corrected chi connectivity index (χ1v) is 8.95. The number of aromatic nitrogens is 1. The lowest BCUT2D eigenvalue weighted by molar-refractivity contribution is -0.384. The van der Waals surface area contributed by atoms with Crippen LogP contribution in [0, 0.1) is 10.1 Å². The molecule has 0 aliphatic carbocycles. The van der Waals surface area contributed by atoms with E-state index in [0.717, 1.165) is 23.9 Å². The molecule has 0 fully saturated rings. The van der Waals surface area contributed by atoms with Crippen molar-refractivity contribution >= 4 is 44.2 Å². The number of hydrogen-bond donors (Lipinski definition) is 1. The van der Waals surface area contributed by atoms with Gasteiger partial charge in [-0.05, 0) is 31.2 Å². The van der Waals surface area contributed by atoms with Gasteiger partial charge in [-0.3, -0.25) is 20.2 Å². The number of anilines is 1. The van der Waals surface area contributed by atoms with Crippen molar-refractivity contribution in [2.24, 2.45) is 0 Å². The number of esters is 1. The molecule has 0 bridgehead atoms. The van der Waals surface area contributed by atoms with E-state index >= 15 is 0 Å². The highest BCUT2D eigenvalue weighted by Crippen LogP contribution is 2.30. The standard InChI is InChI=1S/C18H15N3O6S/c1-3-27-13-4-5-14-15(9-13)28-18(19-14)20-16(22)10-6-11(17(23)26-2)8-12(7-10)21(24)25/h4-9H,3H2,1-2H3,(H,19,20,22). The normalized spacial score (nSPS) is 10.5. The van der Waals surface area contributed by atoms with Gasteiger partial charge in [0.25, 0.3) is 11.6 Å². The molecule has 9 nitrogen and oxygen atoms in total. The topological polar surface area (TPSA) is 121 Å². The number of ether oxygens (including phenoxy) is 2. The molecule has 0 radical (unpaired) electrons. The van der Waals surface area contributed by atoms with Crippen LogP contribution in [-0.2, 0) is 4.74 Å². The summed E-state index contributed by atoms with van der Waals surface area (Å²) in [4.78, 5) is 39.0. The Labute approximate surface area is 163 Å². The maximum atomic E-state index is 12.6. The quantitative estimate of drug-likeness (QED) is 0.380. The highest BCUT2D eigenvalue weighted by atomic mass is 32.1. The average Bonchev–Trinajstić information content (AvgIpc) is 3.08. The third-order valence-corrected chi connectivity index (χ3v) is 4.64. The molecule has 0 saturated heterocycles. The largest absolute Gasteiger partial charge is 0.494 e. The predicted octanol–water partition coefficient (Wildman–Crippen LogP) is 3.64. The van der Waals surface area contributed by atoms with E-state index in [4.69, 9.17) is 4.74 Å². The zero-order valence-corrected chi connectivity index (χ0v) is 15.7. The summed E-state index contributed by atoms with van der Waals surface area (Å²) in [6, 6.07) is 8.73. The number of hydrogen-bond acceptors (Lipinski definition) is 8. The Kier molecular flexibility index (Phi) is 5.50. The predicted molar refractivity (Wildman–Crippen MR) is 103 cm³/mol. The molecule has 10 heteroatoms. The highest BCUT2D eigenvalue weighted by Gasteiger charge is 2.19. The van der Waals surface area contributed by atoms with Crippen molar-refractivity contribution in [1.82, 2.24) is 4.98 Å². The smallest absolute Gasteiger partial charge is 0.338 e. The van der Waals surface area contributed by atoms with Gasteiger partial charge in [0, 0.05) is 17.7 Å². The Morgan fingerprint density at radius 2 is 1.96 bits per heavy atom. The zero-order chi connectivity index (χ0) is 20.3. The molecule has 0 aliphatic heterocycles. The monoisotopic (exact) mass is 401 g/mol. The minimum atomic E-state index is -0.777. The first-order valence-electron chi connectivity index (χ1n) is 8.13. The molecule has 0 spiro atoms. The summed E-state index contributed by atoms with van der Waals surface area (Å²) in [7, 11) is 1.15. The maximum Gasteiger partial charge on any atom is 0.338 e. The molecule has 1 N–H and O–H groups in total. The SMILES string of the molecule is CCOc1ccc2nc(NC(=O)c3cc(C(=O)OC)cc([N+](=O)[O-])c3)sc2c1. The van der Waals surface area contributed by atoms with E-state index < -0.39 is 22.5 Å². The lowest BCUT2D eigenvalue weighted by Gasteiger charge is -2.05. The molecule has 28 heavy (non-hydrogen) atoms. The second-order valence-electron chi connectivity index (χ2n) is 5.55. The lowest BCUT2D eigenvalue weighted by Crippen LogP contribution is -2.13. The van der Waals surface area contributed by atoms with Gasteiger partial charge in [-0.25, -0.2) is 9.78 Å². The number of amides is 1. The number of nitrogens with zero attached hydrogens (tertiary/aromatic N) is 2. The third kappa shape index (κ3) is 4.07. The molecule has 3 aromatic rings. The molecule has 0 saturated carbocycles. The Hall–Kier alpha value is -3.53. The molecule has 0 aliphatic rings. The van der Waals surface area contributed by atoms with Crippen LogP contribution in [0.2, 0.25) is 0 Å². The van der Waals surface area contributed by atoms with Crippen LogP contribution >= 0.6 is 11.3 Å². The van der Waals surface area contributed by atoms with E-state index in [1.54, 1.807) is 12.1 Å². The minimum absolute atomic E-state index is 0.0520. The fourth-order valence-corrected chi connectivity index (χ4v) is 3.36. The number of methoxy groups -OCH3 is 1. The molecule has 2 aromatic carbocycles. The second kappa shape index (κ2) is 8.01. The Morgan fingerprint density at radius 3 is 2.64 bits per heavy atom. The first kappa shape index (κ1) is 19.2.